The maximum atomic E-state index is 4.56. The molecule has 0 unspecified atom stereocenters. The lowest BCUT2D eigenvalue weighted by Crippen LogP contribution is -2.01. The van der Waals surface area contributed by atoms with E-state index in [9.17, 15) is 0 Å². The van der Waals surface area contributed by atoms with Gasteiger partial charge in [0, 0.05) is 17.6 Å². The van der Waals surface area contributed by atoms with Crippen molar-refractivity contribution in [3.05, 3.63) is 46.9 Å². The van der Waals surface area contributed by atoms with Gasteiger partial charge in [-0.3, -0.25) is 4.99 Å². The number of aromatic amines is 1. The summed E-state index contributed by atoms with van der Waals surface area (Å²) < 4.78 is 0. The molecule has 0 saturated heterocycles. The van der Waals surface area contributed by atoms with Gasteiger partial charge in [-0.25, -0.2) is 9.97 Å². The zero-order valence-electron chi connectivity index (χ0n) is 15.8. The van der Waals surface area contributed by atoms with E-state index in [4.69, 9.17) is 0 Å². The molecule has 0 radical (unpaired) electrons. The molecule has 0 saturated carbocycles. The van der Waals surface area contributed by atoms with E-state index in [0.717, 1.165) is 35.5 Å². The van der Waals surface area contributed by atoms with Gasteiger partial charge in [-0.05, 0) is 47.1 Å². The lowest BCUT2D eigenvalue weighted by atomic mass is 9.96. The fourth-order valence-electron chi connectivity index (χ4n) is 3.71. The van der Waals surface area contributed by atoms with Crippen LogP contribution in [0.2, 0.25) is 0 Å². The van der Waals surface area contributed by atoms with E-state index in [1.54, 1.807) is 6.33 Å². The van der Waals surface area contributed by atoms with Crippen molar-refractivity contribution >= 4 is 28.8 Å². The van der Waals surface area contributed by atoms with Gasteiger partial charge in [-0.1, -0.05) is 33.8 Å². The van der Waals surface area contributed by atoms with Gasteiger partial charge in [0.25, 0.3) is 0 Å². The van der Waals surface area contributed by atoms with Crippen molar-refractivity contribution in [3.8, 4) is 0 Å². The van der Waals surface area contributed by atoms with Crippen molar-refractivity contribution in [1.82, 2.24) is 15.0 Å². The SMILES string of the molecule is CC(C)Cc1[nH]c2ncnc(Nc3ccc4c(c3)C=NC4)c2c1C(C)C. The third-order valence-corrected chi connectivity index (χ3v) is 4.80. The Hall–Kier alpha value is -2.69. The molecule has 5 heteroatoms. The Balaban J connectivity index is 1.79. The fraction of sp³-hybridized carbons (Fsp3) is 0.381. The zero-order chi connectivity index (χ0) is 18.3. The molecule has 0 aliphatic carbocycles. The monoisotopic (exact) mass is 347 g/mol. The van der Waals surface area contributed by atoms with Gasteiger partial charge in [0.1, 0.15) is 17.8 Å². The molecule has 5 nitrogen and oxygen atoms in total. The first-order valence-corrected chi connectivity index (χ1v) is 9.28. The molecule has 0 spiro atoms. The average Bonchev–Trinajstić information content (AvgIpc) is 3.18. The summed E-state index contributed by atoms with van der Waals surface area (Å²) >= 11 is 0. The standard InChI is InChI=1S/C21H25N5/c1-12(2)7-17-18(13(3)4)19-20(23-11-24-21(19)26-17)25-16-6-5-14-9-22-10-15(14)8-16/h5-6,8,10-13H,7,9H2,1-4H3,(H2,23,24,25,26). The van der Waals surface area contributed by atoms with Crippen molar-refractivity contribution in [2.45, 2.75) is 46.6 Å². The molecule has 0 atom stereocenters. The van der Waals surface area contributed by atoms with Crippen LogP contribution in [0.3, 0.4) is 0 Å². The second-order valence-electron chi connectivity index (χ2n) is 7.72. The first-order valence-electron chi connectivity index (χ1n) is 9.28. The molecule has 0 bridgehead atoms. The lowest BCUT2D eigenvalue weighted by molar-refractivity contribution is 0.630. The summed E-state index contributed by atoms with van der Waals surface area (Å²) in [7, 11) is 0. The summed E-state index contributed by atoms with van der Waals surface area (Å²) in [4.78, 5) is 16.9. The number of H-pyrrole nitrogens is 1. The fourth-order valence-corrected chi connectivity index (χ4v) is 3.71. The Morgan fingerprint density at radius 2 is 2.00 bits per heavy atom. The van der Waals surface area contributed by atoms with Crippen LogP contribution in [0.5, 0.6) is 0 Å². The highest BCUT2D eigenvalue weighted by Crippen LogP contribution is 2.35. The molecule has 4 rings (SSSR count). The summed E-state index contributed by atoms with van der Waals surface area (Å²) in [6.07, 6.45) is 4.57. The van der Waals surface area contributed by atoms with Gasteiger partial charge in [0.15, 0.2) is 0 Å². The molecule has 3 heterocycles. The molecular weight excluding hydrogens is 322 g/mol. The summed E-state index contributed by atoms with van der Waals surface area (Å²) in [5.41, 5.74) is 6.98. The van der Waals surface area contributed by atoms with Crippen molar-refractivity contribution in [2.75, 3.05) is 5.32 Å². The van der Waals surface area contributed by atoms with Crippen LogP contribution in [-0.2, 0) is 13.0 Å². The van der Waals surface area contributed by atoms with E-state index >= 15 is 0 Å². The summed E-state index contributed by atoms with van der Waals surface area (Å²) in [6, 6.07) is 6.36. The molecule has 2 aromatic heterocycles. The first-order chi connectivity index (χ1) is 12.5. The maximum Gasteiger partial charge on any atom is 0.143 e. The van der Waals surface area contributed by atoms with Gasteiger partial charge in [-0.15, -0.1) is 0 Å². The van der Waals surface area contributed by atoms with E-state index in [0.29, 0.717) is 11.8 Å². The number of benzene rings is 1. The van der Waals surface area contributed by atoms with Gasteiger partial charge >= 0.3 is 0 Å². The molecule has 26 heavy (non-hydrogen) atoms. The molecule has 3 aromatic rings. The minimum atomic E-state index is 0.399. The number of hydrogen-bond acceptors (Lipinski definition) is 4. The Morgan fingerprint density at radius 3 is 2.77 bits per heavy atom. The van der Waals surface area contributed by atoms with Crippen molar-refractivity contribution in [1.29, 1.82) is 0 Å². The lowest BCUT2D eigenvalue weighted by Gasteiger charge is -2.13. The Bertz CT molecular complexity index is 981. The highest BCUT2D eigenvalue weighted by atomic mass is 15.0. The predicted octanol–water partition coefficient (Wildman–Crippen LogP) is 4.96. The topological polar surface area (TPSA) is 66.0 Å². The number of fused-ring (bicyclic) bond motifs is 2. The number of anilines is 2. The van der Waals surface area contributed by atoms with Crippen LogP contribution in [0.25, 0.3) is 11.0 Å². The Labute approximate surface area is 154 Å². The van der Waals surface area contributed by atoms with Crippen LogP contribution < -0.4 is 5.32 Å². The molecule has 134 valence electrons. The smallest absolute Gasteiger partial charge is 0.143 e. The third-order valence-electron chi connectivity index (χ3n) is 4.80. The molecule has 0 amide bonds. The second kappa shape index (κ2) is 6.56. The van der Waals surface area contributed by atoms with Gasteiger partial charge in [0.2, 0.25) is 0 Å². The molecular formula is C21H25N5. The van der Waals surface area contributed by atoms with E-state index < -0.39 is 0 Å². The summed E-state index contributed by atoms with van der Waals surface area (Å²) in [6.45, 7) is 9.73. The van der Waals surface area contributed by atoms with Gasteiger partial charge < -0.3 is 10.3 Å². The predicted molar refractivity (Wildman–Crippen MR) is 108 cm³/mol. The first kappa shape index (κ1) is 16.8. The Kier molecular flexibility index (Phi) is 4.23. The number of aliphatic imine (C=N–C) groups is 1. The van der Waals surface area contributed by atoms with E-state index in [2.05, 4.69) is 71.2 Å². The highest BCUT2D eigenvalue weighted by molar-refractivity contribution is 5.94. The summed E-state index contributed by atoms with van der Waals surface area (Å²) in [5, 5.41) is 4.61. The van der Waals surface area contributed by atoms with Crippen LogP contribution in [0, 0.1) is 5.92 Å². The molecule has 1 aliphatic rings. The number of hydrogen-bond donors (Lipinski definition) is 2. The largest absolute Gasteiger partial charge is 0.343 e. The zero-order valence-corrected chi connectivity index (χ0v) is 15.8. The normalized spacial score (nSPS) is 13.2. The van der Waals surface area contributed by atoms with E-state index in [-0.39, 0.29) is 0 Å². The number of rotatable bonds is 5. The van der Waals surface area contributed by atoms with Gasteiger partial charge in [0.05, 0.1) is 11.9 Å². The number of nitrogens with zero attached hydrogens (tertiary/aromatic N) is 3. The van der Waals surface area contributed by atoms with Crippen molar-refractivity contribution in [2.24, 2.45) is 10.9 Å². The van der Waals surface area contributed by atoms with Crippen molar-refractivity contribution < 1.29 is 0 Å². The number of aromatic nitrogens is 3. The van der Waals surface area contributed by atoms with Crippen molar-refractivity contribution in [3.63, 3.8) is 0 Å². The van der Waals surface area contributed by atoms with Crippen LogP contribution in [-0.4, -0.2) is 21.2 Å². The average molecular weight is 347 g/mol. The Morgan fingerprint density at radius 1 is 1.15 bits per heavy atom. The van der Waals surface area contributed by atoms with E-state index in [1.807, 2.05) is 6.21 Å². The third kappa shape index (κ3) is 2.98. The minimum Gasteiger partial charge on any atom is -0.343 e. The molecule has 1 aromatic carbocycles. The van der Waals surface area contributed by atoms with Gasteiger partial charge in [-0.2, -0.15) is 0 Å². The molecule has 1 aliphatic heterocycles. The molecule has 0 fully saturated rings. The molecule has 2 N–H and O–H groups in total. The quantitative estimate of drug-likeness (QED) is 0.686. The highest BCUT2D eigenvalue weighted by Gasteiger charge is 2.20. The minimum absolute atomic E-state index is 0.399. The number of nitrogens with one attached hydrogen (secondary N) is 2. The van der Waals surface area contributed by atoms with Crippen LogP contribution in [0.1, 0.15) is 56.0 Å². The summed E-state index contributed by atoms with van der Waals surface area (Å²) in [5.74, 6) is 1.84. The van der Waals surface area contributed by atoms with Crippen LogP contribution >= 0.6 is 0 Å². The van der Waals surface area contributed by atoms with Crippen LogP contribution in [0.4, 0.5) is 11.5 Å². The van der Waals surface area contributed by atoms with E-state index in [1.165, 1.54) is 22.4 Å². The maximum absolute atomic E-state index is 4.56. The van der Waals surface area contributed by atoms with Crippen LogP contribution in [0.15, 0.2) is 29.5 Å². The second-order valence-corrected chi connectivity index (χ2v) is 7.72.